The Balaban J connectivity index is 2.24. The minimum atomic E-state index is 0.124. The second-order valence-corrected chi connectivity index (χ2v) is 3.93. The zero-order valence-electron chi connectivity index (χ0n) is 10.1. The van der Waals surface area contributed by atoms with E-state index in [1.54, 1.807) is 7.11 Å². The Morgan fingerprint density at radius 1 is 1.47 bits per heavy atom. The van der Waals surface area contributed by atoms with Gasteiger partial charge in [0.25, 0.3) is 5.91 Å². The maximum absolute atomic E-state index is 11.9. The Labute approximate surface area is 101 Å². The molecule has 1 aromatic carbocycles. The van der Waals surface area contributed by atoms with Gasteiger partial charge in [-0.2, -0.15) is 0 Å². The van der Waals surface area contributed by atoms with Gasteiger partial charge in [0.1, 0.15) is 6.61 Å². The second kappa shape index (κ2) is 5.03. The maximum atomic E-state index is 11.9. The van der Waals surface area contributed by atoms with Crippen molar-refractivity contribution in [3.05, 3.63) is 34.9 Å². The van der Waals surface area contributed by atoms with E-state index in [0.717, 1.165) is 23.2 Å². The Morgan fingerprint density at radius 3 is 3.00 bits per heavy atom. The summed E-state index contributed by atoms with van der Waals surface area (Å²) in [6.45, 7) is 3.86. The average molecular weight is 229 g/mol. The summed E-state index contributed by atoms with van der Waals surface area (Å²) in [5.41, 5.74) is 2.82. The van der Waals surface area contributed by atoms with Gasteiger partial charge in [0.15, 0.2) is 0 Å². The molecule has 0 atom stereocenters. The number of hydrogen-bond acceptors (Lipinski definition) is 2. The molecule has 1 aliphatic rings. The van der Waals surface area contributed by atoms with Gasteiger partial charge in [-0.1, -0.05) is 11.8 Å². The van der Waals surface area contributed by atoms with Crippen molar-refractivity contribution in [1.29, 1.82) is 0 Å². The molecule has 3 nitrogen and oxygen atoms in total. The summed E-state index contributed by atoms with van der Waals surface area (Å²) < 4.78 is 4.87. The van der Waals surface area contributed by atoms with Crippen LogP contribution in [-0.4, -0.2) is 31.1 Å². The van der Waals surface area contributed by atoms with E-state index in [4.69, 9.17) is 4.74 Å². The van der Waals surface area contributed by atoms with E-state index in [1.807, 2.05) is 30.0 Å². The second-order valence-electron chi connectivity index (χ2n) is 3.93. The maximum Gasteiger partial charge on any atom is 0.254 e. The van der Waals surface area contributed by atoms with Crippen LogP contribution in [0.25, 0.3) is 0 Å². The Kier molecular flexibility index (Phi) is 3.46. The number of ether oxygens (including phenoxy) is 1. The van der Waals surface area contributed by atoms with Crippen LogP contribution in [0, 0.1) is 11.8 Å². The lowest BCUT2D eigenvalue weighted by molar-refractivity contribution is 0.0787. The minimum Gasteiger partial charge on any atom is -0.372 e. The molecule has 0 unspecified atom stereocenters. The molecular formula is C14H15NO2. The number of nitrogens with zero attached hydrogens (tertiary/aromatic N) is 1. The van der Waals surface area contributed by atoms with Crippen LogP contribution in [0.1, 0.15) is 28.4 Å². The van der Waals surface area contributed by atoms with Crippen LogP contribution in [0.5, 0.6) is 0 Å². The topological polar surface area (TPSA) is 29.5 Å². The lowest BCUT2D eigenvalue weighted by atomic mass is 10.1. The normalized spacial score (nSPS) is 13.3. The van der Waals surface area contributed by atoms with Crippen LogP contribution in [0.2, 0.25) is 0 Å². The van der Waals surface area contributed by atoms with Gasteiger partial charge in [0.05, 0.1) is 0 Å². The third-order valence-electron chi connectivity index (χ3n) is 2.82. The van der Waals surface area contributed by atoms with Gasteiger partial charge in [-0.05, 0) is 30.7 Å². The van der Waals surface area contributed by atoms with Crippen molar-refractivity contribution in [3.63, 3.8) is 0 Å². The fraction of sp³-hybridized carbons (Fsp3) is 0.357. The zero-order chi connectivity index (χ0) is 12.3. The average Bonchev–Trinajstić information content (AvgIpc) is 2.66. The largest absolute Gasteiger partial charge is 0.372 e. The summed E-state index contributed by atoms with van der Waals surface area (Å²) in [5.74, 6) is 6.05. The summed E-state index contributed by atoms with van der Waals surface area (Å²) in [5, 5.41) is 0. The van der Waals surface area contributed by atoms with Crippen molar-refractivity contribution in [3.8, 4) is 11.8 Å². The van der Waals surface area contributed by atoms with Crippen LogP contribution in [0.15, 0.2) is 18.2 Å². The standard InChI is InChI=1S/C14H15NO2/c1-3-15-10-12-9-11(5-4-8-17-2)6-7-13(12)14(15)16/h6-7,9H,3,8,10H2,1-2H3. The summed E-state index contributed by atoms with van der Waals surface area (Å²) in [4.78, 5) is 13.7. The molecule has 0 aliphatic carbocycles. The molecule has 0 aromatic heterocycles. The van der Waals surface area contributed by atoms with Crippen LogP contribution in [0.3, 0.4) is 0 Å². The quantitative estimate of drug-likeness (QED) is 0.722. The number of amides is 1. The monoisotopic (exact) mass is 229 g/mol. The molecule has 1 aromatic rings. The highest BCUT2D eigenvalue weighted by atomic mass is 16.5. The molecule has 0 fully saturated rings. The highest BCUT2D eigenvalue weighted by Crippen LogP contribution is 2.23. The van der Waals surface area contributed by atoms with E-state index in [9.17, 15) is 4.79 Å². The van der Waals surface area contributed by atoms with Gasteiger partial charge >= 0.3 is 0 Å². The van der Waals surface area contributed by atoms with Crippen LogP contribution >= 0.6 is 0 Å². The molecule has 3 heteroatoms. The Bertz CT molecular complexity index is 497. The molecular weight excluding hydrogens is 214 g/mol. The van der Waals surface area contributed by atoms with Crippen molar-refractivity contribution < 1.29 is 9.53 Å². The molecule has 1 aliphatic heterocycles. The van der Waals surface area contributed by atoms with Crippen molar-refractivity contribution in [1.82, 2.24) is 4.90 Å². The van der Waals surface area contributed by atoms with E-state index >= 15 is 0 Å². The first-order chi connectivity index (χ1) is 8.26. The zero-order valence-corrected chi connectivity index (χ0v) is 10.1. The molecule has 0 bridgehead atoms. The Hall–Kier alpha value is -1.79. The molecule has 88 valence electrons. The van der Waals surface area contributed by atoms with Gasteiger partial charge in [0, 0.05) is 31.3 Å². The van der Waals surface area contributed by atoms with Crippen LogP contribution in [-0.2, 0) is 11.3 Å². The fourth-order valence-electron chi connectivity index (χ4n) is 1.92. The number of carbonyl (C=O) groups excluding carboxylic acids is 1. The predicted molar refractivity (Wildman–Crippen MR) is 65.6 cm³/mol. The smallest absolute Gasteiger partial charge is 0.254 e. The summed E-state index contributed by atoms with van der Waals surface area (Å²) in [6.07, 6.45) is 0. The molecule has 0 spiro atoms. The molecule has 1 amide bonds. The number of methoxy groups -OCH3 is 1. The van der Waals surface area contributed by atoms with Gasteiger partial charge < -0.3 is 9.64 Å². The molecule has 1 heterocycles. The highest BCUT2D eigenvalue weighted by molar-refractivity contribution is 5.98. The molecule has 17 heavy (non-hydrogen) atoms. The number of rotatable bonds is 2. The van der Waals surface area contributed by atoms with Crippen molar-refractivity contribution in [2.75, 3.05) is 20.3 Å². The third-order valence-corrected chi connectivity index (χ3v) is 2.82. The minimum absolute atomic E-state index is 0.124. The number of benzene rings is 1. The van der Waals surface area contributed by atoms with Crippen LogP contribution < -0.4 is 0 Å². The van der Waals surface area contributed by atoms with Crippen molar-refractivity contribution in [2.45, 2.75) is 13.5 Å². The Morgan fingerprint density at radius 2 is 2.29 bits per heavy atom. The van der Waals surface area contributed by atoms with Crippen LogP contribution in [0.4, 0.5) is 0 Å². The third kappa shape index (κ3) is 2.32. The predicted octanol–water partition coefficient (Wildman–Crippen LogP) is 1.66. The van der Waals surface area contributed by atoms with E-state index in [-0.39, 0.29) is 5.91 Å². The molecule has 0 N–H and O–H groups in total. The van der Waals surface area contributed by atoms with E-state index in [1.165, 1.54) is 0 Å². The van der Waals surface area contributed by atoms with Gasteiger partial charge in [-0.15, -0.1) is 0 Å². The fourth-order valence-corrected chi connectivity index (χ4v) is 1.92. The molecule has 0 saturated carbocycles. The lowest BCUT2D eigenvalue weighted by Crippen LogP contribution is -2.22. The van der Waals surface area contributed by atoms with Gasteiger partial charge in [0.2, 0.25) is 0 Å². The SMILES string of the molecule is CCN1Cc2cc(C#CCOC)ccc2C1=O. The van der Waals surface area contributed by atoms with E-state index in [2.05, 4.69) is 11.8 Å². The number of fused-ring (bicyclic) bond motifs is 1. The highest BCUT2D eigenvalue weighted by Gasteiger charge is 2.25. The first-order valence-corrected chi connectivity index (χ1v) is 5.66. The van der Waals surface area contributed by atoms with Gasteiger partial charge in [-0.3, -0.25) is 4.79 Å². The number of hydrogen-bond donors (Lipinski definition) is 0. The summed E-state index contributed by atoms with van der Waals surface area (Å²) in [6, 6.07) is 5.74. The first-order valence-electron chi connectivity index (χ1n) is 5.66. The summed E-state index contributed by atoms with van der Waals surface area (Å²) in [7, 11) is 1.62. The van der Waals surface area contributed by atoms with E-state index in [0.29, 0.717) is 13.2 Å². The number of carbonyl (C=O) groups is 1. The molecule has 2 rings (SSSR count). The van der Waals surface area contributed by atoms with Gasteiger partial charge in [-0.25, -0.2) is 0 Å². The first kappa shape index (κ1) is 11.7. The van der Waals surface area contributed by atoms with Crippen molar-refractivity contribution in [2.24, 2.45) is 0 Å². The lowest BCUT2D eigenvalue weighted by Gasteiger charge is -2.10. The molecule has 0 saturated heterocycles. The molecule has 0 radical (unpaired) electrons. The van der Waals surface area contributed by atoms with E-state index < -0.39 is 0 Å². The summed E-state index contributed by atoms with van der Waals surface area (Å²) >= 11 is 0. The van der Waals surface area contributed by atoms with Crippen molar-refractivity contribution >= 4 is 5.91 Å².